The van der Waals surface area contributed by atoms with Crippen molar-refractivity contribution in [2.75, 3.05) is 18.1 Å². The molecule has 0 aliphatic carbocycles. The number of carbonyl (C=O) groups excluding carboxylic acids is 1. The molecule has 0 rings (SSSR count). The molecule has 0 aromatic carbocycles. The second kappa shape index (κ2) is 6.35. The normalized spacial score (nSPS) is 15.8. The number of Topliss-reactive ketones (excluding diaryl/α,β-unsaturated/α-hetero) is 1. The Labute approximate surface area is 98.5 Å². The van der Waals surface area contributed by atoms with Gasteiger partial charge in [-0.05, 0) is 12.8 Å². The third kappa shape index (κ3) is 4.61. The smallest absolute Gasteiger partial charge is 0.150 e. The quantitative estimate of drug-likeness (QED) is 0.700. The lowest BCUT2D eigenvalue weighted by molar-refractivity contribution is -0.127. The Morgan fingerprint density at radius 1 is 1.31 bits per heavy atom. The Morgan fingerprint density at radius 2 is 1.88 bits per heavy atom. The number of hydrogen-bond acceptors (Lipinski definition) is 4. The van der Waals surface area contributed by atoms with E-state index in [1.54, 1.807) is 6.92 Å². The summed E-state index contributed by atoms with van der Waals surface area (Å²) < 4.78 is 22.5. The summed E-state index contributed by atoms with van der Waals surface area (Å²) in [6.07, 6.45) is 1.41. The molecule has 0 fully saturated rings. The van der Waals surface area contributed by atoms with Gasteiger partial charge in [-0.15, -0.1) is 0 Å². The van der Waals surface area contributed by atoms with Crippen molar-refractivity contribution in [2.24, 2.45) is 11.1 Å². The first-order chi connectivity index (χ1) is 7.31. The van der Waals surface area contributed by atoms with Crippen molar-refractivity contribution in [3.8, 4) is 0 Å². The highest BCUT2D eigenvalue weighted by Crippen LogP contribution is 2.23. The van der Waals surface area contributed by atoms with Crippen LogP contribution in [0.2, 0.25) is 0 Å². The van der Waals surface area contributed by atoms with Crippen molar-refractivity contribution in [3.05, 3.63) is 0 Å². The molecule has 1 unspecified atom stereocenters. The number of carbonyl (C=O) groups is 1. The maximum atomic E-state index is 11.8. The molecular weight excluding hydrogens is 226 g/mol. The average molecular weight is 249 g/mol. The van der Waals surface area contributed by atoms with Crippen molar-refractivity contribution in [1.82, 2.24) is 0 Å². The monoisotopic (exact) mass is 249 g/mol. The Bertz CT molecular complexity index is 318. The van der Waals surface area contributed by atoms with Crippen molar-refractivity contribution >= 4 is 15.6 Å². The number of ketones is 1. The highest BCUT2D eigenvalue weighted by molar-refractivity contribution is 7.91. The minimum absolute atomic E-state index is 0.0730. The molecule has 1 atom stereocenters. The Balaban J connectivity index is 4.19. The second-order valence-electron chi connectivity index (χ2n) is 4.38. The number of sulfone groups is 1. The first-order valence-corrected chi connectivity index (χ1v) is 7.57. The van der Waals surface area contributed by atoms with Gasteiger partial charge in [-0.2, -0.15) is 0 Å². The third-order valence-corrected chi connectivity index (χ3v) is 4.99. The zero-order valence-corrected chi connectivity index (χ0v) is 11.3. The topological polar surface area (TPSA) is 77.2 Å². The molecule has 0 aromatic heterocycles. The van der Waals surface area contributed by atoms with Gasteiger partial charge >= 0.3 is 0 Å². The first kappa shape index (κ1) is 15.6. The highest BCUT2D eigenvalue weighted by atomic mass is 32.2. The maximum Gasteiger partial charge on any atom is 0.150 e. The lowest BCUT2D eigenvalue weighted by Crippen LogP contribution is -2.35. The Kier molecular flexibility index (Phi) is 6.18. The van der Waals surface area contributed by atoms with E-state index in [2.05, 4.69) is 0 Å². The lowest BCUT2D eigenvalue weighted by Gasteiger charge is -2.24. The van der Waals surface area contributed by atoms with E-state index < -0.39 is 15.3 Å². The van der Waals surface area contributed by atoms with Crippen molar-refractivity contribution in [2.45, 2.75) is 40.0 Å². The van der Waals surface area contributed by atoms with E-state index in [-0.39, 0.29) is 17.3 Å². The summed E-state index contributed by atoms with van der Waals surface area (Å²) >= 11 is 0. The van der Waals surface area contributed by atoms with Gasteiger partial charge in [-0.3, -0.25) is 4.79 Å². The molecule has 0 aliphatic heterocycles. The Morgan fingerprint density at radius 3 is 2.25 bits per heavy atom. The molecule has 16 heavy (non-hydrogen) atoms. The van der Waals surface area contributed by atoms with Crippen LogP contribution in [-0.2, 0) is 14.6 Å². The zero-order chi connectivity index (χ0) is 12.8. The molecular formula is C11H23NO3S. The van der Waals surface area contributed by atoms with Crippen LogP contribution in [0.3, 0.4) is 0 Å². The van der Waals surface area contributed by atoms with E-state index in [0.29, 0.717) is 25.8 Å². The average Bonchev–Trinajstić information content (AvgIpc) is 2.27. The number of rotatable bonds is 8. The summed E-state index contributed by atoms with van der Waals surface area (Å²) in [6, 6.07) is 0. The van der Waals surface area contributed by atoms with Gasteiger partial charge in [0.15, 0.2) is 0 Å². The predicted octanol–water partition coefficient (Wildman–Crippen LogP) is 1.15. The van der Waals surface area contributed by atoms with Crippen LogP contribution in [0.1, 0.15) is 40.0 Å². The van der Waals surface area contributed by atoms with Crippen LogP contribution in [0.5, 0.6) is 0 Å². The maximum absolute atomic E-state index is 11.8. The largest absolute Gasteiger partial charge is 0.329 e. The molecule has 0 heterocycles. The first-order valence-electron chi connectivity index (χ1n) is 5.75. The van der Waals surface area contributed by atoms with E-state index in [9.17, 15) is 13.2 Å². The van der Waals surface area contributed by atoms with E-state index in [0.717, 1.165) is 0 Å². The van der Waals surface area contributed by atoms with Crippen LogP contribution >= 0.6 is 0 Å². The molecule has 0 saturated heterocycles. The van der Waals surface area contributed by atoms with E-state index >= 15 is 0 Å². The standard InChI is InChI=1S/C11H23NO3S/c1-4-11(3,9-12)10(13)7-6-8-16(14,15)5-2/h4-9,12H2,1-3H3. The SMILES string of the molecule is CCC(C)(CN)C(=O)CCCS(=O)(=O)CC. The summed E-state index contributed by atoms with van der Waals surface area (Å²) in [4.78, 5) is 11.8. The highest BCUT2D eigenvalue weighted by Gasteiger charge is 2.28. The minimum Gasteiger partial charge on any atom is -0.329 e. The van der Waals surface area contributed by atoms with Gasteiger partial charge in [0.25, 0.3) is 0 Å². The van der Waals surface area contributed by atoms with Gasteiger partial charge < -0.3 is 5.73 Å². The second-order valence-corrected chi connectivity index (χ2v) is 6.85. The molecule has 0 aromatic rings. The molecule has 4 nitrogen and oxygen atoms in total. The van der Waals surface area contributed by atoms with Crippen LogP contribution in [0.15, 0.2) is 0 Å². The summed E-state index contributed by atoms with van der Waals surface area (Å²) in [5.74, 6) is 0.312. The van der Waals surface area contributed by atoms with Crippen molar-refractivity contribution in [1.29, 1.82) is 0 Å². The summed E-state index contributed by atoms with van der Waals surface area (Å²) in [7, 11) is -2.96. The molecule has 0 spiro atoms. The molecule has 0 saturated carbocycles. The molecule has 0 radical (unpaired) electrons. The summed E-state index contributed by atoms with van der Waals surface area (Å²) in [6.45, 7) is 5.70. The van der Waals surface area contributed by atoms with Crippen LogP contribution < -0.4 is 5.73 Å². The third-order valence-electron chi connectivity index (χ3n) is 3.20. The predicted molar refractivity (Wildman–Crippen MR) is 66.0 cm³/mol. The fraction of sp³-hybridized carbons (Fsp3) is 0.909. The van der Waals surface area contributed by atoms with Crippen molar-refractivity contribution in [3.63, 3.8) is 0 Å². The van der Waals surface area contributed by atoms with Crippen LogP contribution in [0, 0.1) is 5.41 Å². The van der Waals surface area contributed by atoms with E-state index in [1.807, 2.05) is 13.8 Å². The molecule has 0 amide bonds. The van der Waals surface area contributed by atoms with Gasteiger partial charge in [-0.1, -0.05) is 20.8 Å². The van der Waals surface area contributed by atoms with Crippen LogP contribution in [0.4, 0.5) is 0 Å². The number of hydrogen-bond donors (Lipinski definition) is 1. The van der Waals surface area contributed by atoms with Gasteiger partial charge in [-0.25, -0.2) is 8.42 Å². The zero-order valence-electron chi connectivity index (χ0n) is 10.5. The Hall–Kier alpha value is -0.420. The van der Waals surface area contributed by atoms with Crippen LogP contribution in [0.25, 0.3) is 0 Å². The van der Waals surface area contributed by atoms with Gasteiger partial charge in [0.1, 0.15) is 15.6 Å². The van der Waals surface area contributed by atoms with Crippen LogP contribution in [-0.4, -0.2) is 32.3 Å². The number of nitrogens with two attached hydrogens (primary N) is 1. The van der Waals surface area contributed by atoms with Gasteiger partial charge in [0, 0.05) is 24.1 Å². The molecule has 2 N–H and O–H groups in total. The molecule has 0 aliphatic rings. The summed E-state index contributed by atoms with van der Waals surface area (Å²) in [5.41, 5.74) is 5.07. The molecule has 96 valence electrons. The fourth-order valence-electron chi connectivity index (χ4n) is 1.35. The van der Waals surface area contributed by atoms with E-state index in [4.69, 9.17) is 5.73 Å². The minimum atomic E-state index is -2.96. The summed E-state index contributed by atoms with van der Waals surface area (Å²) in [5, 5.41) is 0. The molecule has 0 bridgehead atoms. The fourth-order valence-corrected chi connectivity index (χ4v) is 2.23. The van der Waals surface area contributed by atoms with Gasteiger partial charge in [0.2, 0.25) is 0 Å². The molecule has 5 heteroatoms. The lowest BCUT2D eigenvalue weighted by atomic mass is 9.81. The van der Waals surface area contributed by atoms with Gasteiger partial charge in [0.05, 0.1) is 5.75 Å². The van der Waals surface area contributed by atoms with E-state index in [1.165, 1.54) is 0 Å². The van der Waals surface area contributed by atoms with Crippen molar-refractivity contribution < 1.29 is 13.2 Å².